The molecule has 0 N–H and O–H groups in total. The predicted molar refractivity (Wildman–Crippen MR) is 128 cm³/mol. The number of carbonyl (C=O) groups is 1. The molecule has 0 saturated carbocycles. The third kappa shape index (κ3) is 4.79. The van der Waals surface area contributed by atoms with E-state index in [1.54, 1.807) is 24.3 Å². The SMILES string of the molecule is O=C1O[C@@H](CN2CCC(c3ccccc3)CC2)[C@H](c2cc(F)cc(F)c2)N1c1ccc(Cl)cc1. The Bertz CT molecular complexity index is 1130. The molecule has 2 aliphatic rings. The number of anilines is 1. The molecule has 4 nitrogen and oxygen atoms in total. The monoisotopic (exact) mass is 482 g/mol. The summed E-state index contributed by atoms with van der Waals surface area (Å²) in [4.78, 5) is 16.7. The fraction of sp³-hybridized carbons (Fsp3) is 0.296. The van der Waals surface area contributed by atoms with E-state index in [0.717, 1.165) is 32.0 Å². The van der Waals surface area contributed by atoms with Crippen molar-refractivity contribution >= 4 is 23.4 Å². The molecule has 2 saturated heterocycles. The van der Waals surface area contributed by atoms with Gasteiger partial charge in [0.15, 0.2) is 0 Å². The Labute approximate surface area is 202 Å². The summed E-state index contributed by atoms with van der Waals surface area (Å²) >= 11 is 6.02. The average molecular weight is 483 g/mol. The molecule has 0 bridgehead atoms. The zero-order chi connectivity index (χ0) is 23.7. The molecule has 34 heavy (non-hydrogen) atoms. The summed E-state index contributed by atoms with van der Waals surface area (Å²) in [6.07, 6.45) is 0.897. The second kappa shape index (κ2) is 9.72. The molecule has 2 heterocycles. The highest BCUT2D eigenvalue weighted by Gasteiger charge is 2.45. The molecule has 1 amide bonds. The quantitative estimate of drug-likeness (QED) is 0.412. The number of cyclic esters (lactones) is 1. The third-order valence-corrected chi connectivity index (χ3v) is 6.96. The molecule has 0 aromatic heterocycles. The Morgan fingerprint density at radius 2 is 1.53 bits per heavy atom. The van der Waals surface area contributed by atoms with Crippen LogP contribution in [0.5, 0.6) is 0 Å². The van der Waals surface area contributed by atoms with Crippen LogP contribution in [0, 0.1) is 11.6 Å². The van der Waals surface area contributed by atoms with Crippen molar-refractivity contribution in [1.29, 1.82) is 0 Å². The van der Waals surface area contributed by atoms with Crippen molar-refractivity contribution in [2.24, 2.45) is 0 Å². The number of ether oxygens (including phenoxy) is 1. The van der Waals surface area contributed by atoms with E-state index >= 15 is 0 Å². The van der Waals surface area contributed by atoms with E-state index in [9.17, 15) is 13.6 Å². The minimum atomic E-state index is -0.687. The molecule has 3 aromatic carbocycles. The number of carbonyl (C=O) groups excluding carboxylic acids is 1. The molecule has 7 heteroatoms. The molecule has 5 rings (SSSR count). The number of halogens is 3. The van der Waals surface area contributed by atoms with Crippen LogP contribution < -0.4 is 4.90 Å². The van der Waals surface area contributed by atoms with E-state index in [0.29, 0.717) is 28.7 Å². The van der Waals surface area contributed by atoms with Crippen molar-refractivity contribution in [3.63, 3.8) is 0 Å². The molecule has 0 aliphatic carbocycles. The molecule has 2 aliphatic heterocycles. The lowest BCUT2D eigenvalue weighted by Gasteiger charge is -2.34. The van der Waals surface area contributed by atoms with Gasteiger partial charge in [0.1, 0.15) is 23.8 Å². The summed E-state index contributed by atoms with van der Waals surface area (Å²) in [5.41, 5.74) is 2.27. The summed E-state index contributed by atoms with van der Waals surface area (Å²) < 4.78 is 34.1. The van der Waals surface area contributed by atoms with Crippen LogP contribution in [0.1, 0.15) is 35.9 Å². The molecule has 0 unspecified atom stereocenters. The van der Waals surface area contributed by atoms with E-state index in [1.807, 2.05) is 6.07 Å². The Morgan fingerprint density at radius 1 is 0.882 bits per heavy atom. The van der Waals surface area contributed by atoms with E-state index in [-0.39, 0.29) is 0 Å². The number of amides is 1. The van der Waals surface area contributed by atoms with Crippen LogP contribution in [0.25, 0.3) is 0 Å². The third-order valence-electron chi connectivity index (χ3n) is 6.71. The molecule has 2 atom stereocenters. The first-order chi connectivity index (χ1) is 16.5. The molecule has 176 valence electrons. The van der Waals surface area contributed by atoms with Crippen LogP contribution in [0.15, 0.2) is 72.8 Å². The number of nitrogens with zero attached hydrogens (tertiary/aromatic N) is 2. The fourth-order valence-electron chi connectivity index (χ4n) is 5.07. The first-order valence-electron chi connectivity index (χ1n) is 11.5. The Hall–Kier alpha value is -2.96. The van der Waals surface area contributed by atoms with Crippen molar-refractivity contribution in [1.82, 2.24) is 4.90 Å². The molecule has 0 radical (unpaired) electrons. The van der Waals surface area contributed by atoms with Crippen LogP contribution in [-0.2, 0) is 4.74 Å². The van der Waals surface area contributed by atoms with Gasteiger partial charge in [0.25, 0.3) is 0 Å². The number of likely N-dealkylation sites (tertiary alicyclic amines) is 1. The van der Waals surface area contributed by atoms with Gasteiger partial charge in [0.2, 0.25) is 0 Å². The number of hydrogen-bond acceptors (Lipinski definition) is 3. The number of piperidine rings is 1. The summed E-state index contributed by atoms with van der Waals surface area (Å²) in [6, 6.07) is 20.0. The largest absolute Gasteiger partial charge is 0.442 e. The van der Waals surface area contributed by atoms with E-state index in [4.69, 9.17) is 16.3 Å². The van der Waals surface area contributed by atoms with Gasteiger partial charge in [0, 0.05) is 23.3 Å². The standard InChI is InChI=1S/C27H25ClF2N2O2/c28-21-6-8-24(9-7-21)32-26(20-14-22(29)16-23(30)15-20)25(34-27(32)33)17-31-12-10-19(11-13-31)18-4-2-1-3-5-18/h1-9,14-16,19,25-26H,10-13,17H2/t25-,26-/m0/s1. The topological polar surface area (TPSA) is 32.8 Å². The molecular formula is C27H25ClF2N2O2. The maximum atomic E-state index is 14.1. The molecular weight excluding hydrogens is 458 g/mol. The minimum absolute atomic E-state index is 0.363. The summed E-state index contributed by atoms with van der Waals surface area (Å²) in [7, 11) is 0. The van der Waals surface area contributed by atoms with Gasteiger partial charge in [-0.2, -0.15) is 0 Å². The van der Waals surface area contributed by atoms with Crippen LogP contribution in [0.4, 0.5) is 19.3 Å². The van der Waals surface area contributed by atoms with Crippen LogP contribution in [0.2, 0.25) is 5.02 Å². The van der Waals surface area contributed by atoms with Gasteiger partial charge in [-0.15, -0.1) is 0 Å². The summed E-state index contributed by atoms with van der Waals surface area (Å²) in [6.45, 7) is 2.21. The maximum Gasteiger partial charge on any atom is 0.415 e. The Balaban J connectivity index is 1.38. The Kier molecular flexibility index (Phi) is 6.53. The highest BCUT2D eigenvalue weighted by Crippen LogP contribution is 2.39. The van der Waals surface area contributed by atoms with Gasteiger partial charge in [-0.25, -0.2) is 13.6 Å². The second-order valence-electron chi connectivity index (χ2n) is 8.90. The average Bonchev–Trinajstić information content (AvgIpc) is 3.15. The number of rotatable bonds is 5. The molecule has 0 spiro atoms. The van der Waals surface area contributed by atoms with E-state index in [2.05, 4.69) is 29.2 Å². The minimum Gasteiger partial charge on any atom is -0.442 e. The lowest BCUT2D eigenvalue weighted by molar-refractivity contribution is 0.0858. The van der Waals surface area contributed by atoms with Crippen molar-refractivity contribution in [2.45, 2.75) is 30.9 Å². The zero-order valence-corrected chi connectivity index (χ0v) is 19.3. The lowest BCUT2D eigenvalue weighted by Crippen LogP contribution is -2.41. The van der Waals surface area contributed by atoms with Crippen LogP contribution >= 0.6 is 11.6 Å². The van der Waals surface area contributed by atoms with Gasteiger partial charge in [-0.05, 0) is 79.4 Å². The van der Waals surface area contributed by atoms with Gasteiger partial charge < -0.3 is 4.74 Å². The molecule has 2 fully saturated rings. The molecule has 3 aromatic rings. The summed E-state index contributed by atoms with van der Waals surface area (Å²) in [5, 5.41) is 0.530. The highest BCUT2D eigenvalue weighted by molar-refractivity contribution is 6.30. The highest BCUT2D eigenvalue weighted by atomic mass is 35.5. The lowest BCUT2D eigenvalue weighted by atomic mass is 9.89. The van der Waals surface area contributed by atoms with Crippen molar-refractivity contribution < 1.29 is 18.3 Å². The van der Waals surface area contributed by atoms with Gasteiger partial charge in [0.05, 0.1) is 0 Å². The van der Waals surface area contributed by atoms with Gasteiger partial charge >= 0.3 is 6.09 Å². The summed E-state index contributed by atoms with van der Waals surface area (Å²) in [5.74, 6) is -0.872. The van der Waals surface area contributed by atoms with Gasteiger partial charge in [-0.1, -0.05) is 41.9 Å². The van der Waals surface area contributed by atoms with Crippen LogP contribution in [0.3, 0.4) is 0 Å². The van der Waals surface area contributed by atoms with Crippen molar-refractivity contribution in [3.05, 3.63) is 101 Å². The maximum absolute atomic E-state index is 14.1. The van der Waals surface area contributed by atoms with E-state index < -0.39 is 29.9 Å². The second-order valence-corrected chi connectivity index (χ2v) is 9.34. The Morgan fingerprint density at radius 3 is 2.18 bits per heavy atom. The number of hydrogen-bond donors (Lipinski definition) is 0. The predicted octanol–water partition coefficient (Wildman–Crippen LogP) is 6.56. The zero-order valence-electron chi connectivity index (χ0n) is 18.5. The van der Waals surface area contributed by atoms with Crippen molar-refractivity contribution in [3.8, 4) is 0 Å². The smallest absolute Gasteiger partial charge is 0.415 e. The first-order valence-corrected chi connectivity index (χ1v) is 11.8. The van der Waals surface area contributed by atoms with E-state index in [1.165, 1.54) is 22.6 Å². The van der Waals surface area contributed by atoms with Crippen molar-refractivity contribution in [2.75, 3.05) is 24.5 Å². The number of benzene rings is 3. The fourth-order valence-corrected chi connectivity index (χ4v) is 5.20. The van der Waals surface area contributed by atoms with Crippen LogP contribution in [-0.4, -0.2) is 36.7 Å². The first kappa shape index (κ1) is 22.8. The van der Waals surface area contributed by atoms with Gasteiger partial charge in [-0.3, -0.25) is 9.80 Å². The normalized spacial score (nSPS) is 21.6.